The number of aromatic amines is 1. The minimum absolute atomic E-state index is 0.0771. The number of rotatable bonds is 6. The summed E-state index contributed by atoms with van der Waals surface area (Å²) in [4.78, 5) is 35.5. The third kappa shape index (κ3) is 4.62. The van der Waals surface area contributed by atoms with Crippen LogP contribution in [0.3, 0.4) is 0 Å². The molecule has 4 rings (SSSR count). The molecule has 2 aromatic rings. The molecular formula is C22H28FN5O2S. The first-order valence-electron chi connectivity index (χ1n) is 10.6. The van der Waals surface area contributed by atoms with E-state index in [2.05, 4.69) is 20.6 Å². The van der Waals surface area contributed by atoms with Crippen molar-refractivity contribution in [3.05, 3.63) is 53.4 Å². The highest BCUT2D eigenvalue weighted by Gasteiger charge is 2.42. The molecule has 1 atom stereocenters. The highest BCUT2D eigenvalue weighted by Crippen LogP contribution is 2.36. The second-order valence-corrected chi connectivity index (χ2v) is 9.12. The largest absolute Gasteiger partial charge is 0.348 e. The molecule has 0 aliphatic carbocycles. The zero-order valence-electron chi connectivity index (χ0n) is 17.6. The number of nitrogens with one attached hydrogen (secondary N) is 3. The van der Waals surface area contributed by atoms with Crippen LogP contribution in [0.5, 0.6) is 0 Å². The Morgan fingerprint density at radius 1 is 1.35 bits per heavy atom. The number of imidazole rings is 1. The predicted molar refractivity (Wildman–Crippen MR) is 118 cm³/mol. The monoisotopic (exact) mass is 445 g/mol. The van der Waals surface area contributed by atoms with Crippen molar-refractivity contribution in [2.45, 2.75) is 37.3 Å². The number of fused-ring (bicyclic) bond motifs is 2. The number of benzene rings is 1. The van der Waals surface area contributed by atoms with Gasteiger partial charge in [-0.25, -0.2) is 9.37 Å². The van der Waals surface area contributed by atoms with E-state index < -0.39 is 17.8 Å². The van der Waals surface area contributed by atoms with E-state index >= 15 is 0 Å². The SMILES string of the molecule is CSCC[C@@H](NC(=O)c1cccc(F)c1)C(=O)N1CCC2(CC1)NCCc1[nH]cnc12. The molecule has 7 nitrogen and oxygen atoms in total. The van der Waals surface area contributed by atoms with E-state index in [0.717, 1.165) is 37.3 Å². The zero-order valence-corrected chi connectivity index (χ0v) is 18.4. The Bertz CT molecular complexity index is 941. The van der Waals surface area contributed by atoms with E-state index in [4.69, 9.17) is 0 Å². The Hall–Kier alpha value is -2.39. The number of piperidine rings is 1. The summed E-state index contributed by atoms with van der Waals surface area (Å²) in [5.74, 6) is -0.233. The van der Waals surface area contributed by atoms with E-state index in [1.165, 1.54) is 23.9 Å². The highest BCUT2D eigenvalue weighted by atomic mass is 32.2. The van der Waals surface area contributed by atoms with Crippen LogP contribution in [0.15, 0.2) is 30.6 Å². The number of thioether (sulfide) groups is 1. The lowest BCUT2D eigenvalue weighted by molar-refractivity contribution is -0.135. The molecule has 3 N–H and O–H groups in total. The number of carbonyl (C=O) groups excluding carboxylic acids is 2. The van der Waals surface area contributed by atoms with Crippen LogP contribution in [0.4, 0.5) is 4.39 Å². The molecule has 0 unspecified atom stereocenters. The summed E-state index contributed by atoms with van der Waals surface area (Å²) in [5, 5.41) is 6.46. The molecule has 2 aliphatic heterocycles. The third-order valence-corrected chi connectivity index (χ3v) is 6.88. The average molecular weight is 446 g/mol. The topological polar surface area (TPSA) is 90.1 Å². The number of hydrogen-bond acceptors (Lipinski definition) is 5. The summed E-state index contributed by atoms with van der Waals surface area (Å²) in [6.45, 7) is 2.09. The van der Waals surface area contributed by atoms with Gasteiger partial charge in [-0.1, -0.05) is 6.07 Å². The summed E-state index contributed by atoms with van der Waals surface area (Å²) in [7, 11) is 0. The number of aromatic nitrogens is 2. The standard InChI is InChI=1S/C22H28FN5O2S/c1-31-12-6-18(27-20(29)15-3-2-4-16(23)13-15)21(30)28-10-7-22(8-11-28)19-17(5-9-26-22)24-14-25-19/h2-4,13-14,18,26H,5-12H2,1H3,(H,24,25)(H,27,29)/t18-/m1/s1. The van der Waals surface area contributed by atoms with Crippen LogP contribution in [0, 0.1) is 5.82 Å². The summed E-state index contributed by atoms with van der Waals surface area (Å²) >= 11 is 1.63. The highest BCUT2D eigenvalue weighted by molar-refractivity contribution is 7.98. The van der Waals surface area contributed by atoms with Gasteiger partial charge in [-0.2, -0.15) is 11.8 Å². The molecule has 1 saturated heterocycles. The van der Waals surface area contributed by atoms with Gasteiger partial charge in [-0.15, -0.1) is 0 Å². The lowest BCUT2D eigenvalue weighted by atomic mass is 9.80. The number of carbonyl (C=O) groups is 2. The number of likely N-dealkylation sites (tertiary alicyclic amines) is 1. The van der Waals surface area contributed by atoms with Gasteiger partial charge in [0.25, 0.3) is 5.91 Å². The van der Waals surface area contributed by atoms with Crippen LogP contribution in [0.25, 0.3) is 0 Å². The molecule has 1 spiro atoms. The molecule has 0 bridgehead atoms. The maximum atomic E-state index is 13.5. The van der Waals surface area contributed by atoms with E-state index in [9.17, 15) is 14.0 Å². The Labute approximate surface area is 185 Å². The Balaban J connectivity index is 1.43. The van der Waals surface area contributed by atoms with E-state index in [-0.39, 0.29) is 17.0 Å². The predicted octanol–water partition coefficient (Wildman–Crippen LogP) is 2.06. The van der Waals surface area contributed by atoms with Gasteiger partial charge in [0.1, 0.15) is 11.9 Å². The Kier molecular flexibility index (Phi) is 6.62. The molecule has 2 aliphatic rings. The lowest BCUT2D eigenvalue weighted by Crippen LogP contribution is -2.57. The van der Waals surface area contributed by atoms with Crippen molar-refractivity contribution in [2.24, 2.45) is 0 Å². The second kappa shape index (κ2) is 9.40. The smallest absolute Gasteiger partial charge is 0.252 e. The number of nitrogens with zero attached hydrogens (tertiary/aromatic N) is 2. The second-order valence-electron chi connectivity index (χ2n) is 8.13. The molecule has 0 radical (unpaired) electrons. The molecule has 1 fully saturated rings. The van der Waals surface area contributed by atoms with Gasteiger partial charge in [0.15, 0.2) is 0 Å². The van der Waals surface area contributed by atoms with E-state index in [1.807, 2.05) is 11.2 Å². The number of halogens is 1. The Morgan fingerprint density at radius 2 is 2.16 bits per heavy atom. The molecular weight excluding hydrogens is 417 g/mol. The quantitative estimate of drug-likeness (QED) is 0.633. The number of amides is 2. The molecule has 31 heavy (non-hydrogen) atoms. The maximum Gasteiger partial charge on any atom is 0.252 e. The molecule has 0 saturated carbocycles. The van der Waals surface area contributed by atoms with Gasteiger partial charge in [0.2, 0.25) is 5.91 Å². The fourth-order valence-electron chi connectivity index (χ4n) is 4.54. The van der Waals surface area contributed by atoms with Gasteiger partial charge in [0, 0.05) is 37.3 Å². The zero-order chi connectivity index (χ0) is 21.8. The van der Waals surface area contributed by atoms with Crippen molar-refractivity contribution in [3.8, 4) is 0 Å². The fourth-order valence-corrected chi connectivity index (χ4v) is 5.01. The van der Waals surface area contributed by atoms with Crippen molar-refractivity contribution in [2.75, 3.05) is 31.6 Å². The third-order valence-electron chi connectivity index (χ3n) is 6.24. The van der Waals surface area contributed by atoms with Gasteiger partial charge in [-0.05, 0) is 49.5 Å². The lowest BCUT2D eigenvalue weighted by Gasteiger charge is -2.44. The number of hydrogen-bond donors (Lipinski definition) is 3. The number of H-pyrrole nitrogens is 1. The molecule has 3 heterocycles. The fraction of sp³-hybridized carbons (Fsp3) is 0.500. The summed E-state index contributed by atoms with van der Waals surface area (Å²) in [6, 6.07) is 4.90. The summed E-state index contributed by atoms with van der Waals surface area (Å²) < 4.78 is 13.5. The van der Waals surface area contributed by atoms with E-state index in [0.29, 0.717) is 19.5 Å². The van der Waals surface area contributed by atoms with E-state index in [1.54, 1.807) is 24.2 Å². The first kappa shape index (κ1) is 21.8. The van der Waals surface area contributed by atoms with Gasteiger partial charge in [-0.3, -0.25) is 9.59 Å². The minimum atomic E-state index is -0.627. The molecule has 1 aromatic carbocycles. The van der Waals surface area contributed by atoms with Crippen molar-refractivity contribution in [1.29, 1.82) is 0 Å². The summed E-state index contributed by atoms with van der Waals surface area (Å²) in [5.41, 5.74) is 2.28. The van der Waals surface area contributed by atoms with Gasteiger partial charge >= 0.3 is 0 Å². The van der Waals surface area contributed by atoms with Crippen LogP contribution < -0.4 is 10.6 Å². The van der Waals surface area contributed by atoms with Gasteiger partial charge in [0.05, 0.1) is 17.6 Å². The first-order valence-corrected chi connectivity index (χ1v) is 12.0. The van der Waals surface area contributed by atoms with Crippen LogP contribution in [-0.4, -0.2) is 64.4 Å². The average Bonchev–Trinajstić information content (AvgIpc) is 3.27. The normalized spacial score (nSPS) is 18.5. The van der Waals surface area contributed by atoms with Crippen molar-refractivity contribution < 1.29 is 14.0 Å². The van der Waals surface area contributed by atoms with Crippen LogP contribution >= 0.6 is 11.8 Å². The Morgan fingerprint density at radius 3 is 2.90 bits per heavy atom. The van der Waals surface area contributed by atoms with Crippen molar-refractivity contribution >= 4 is 23.6 Å². The first-order chi connectivity index (χ1) is 15.0. The van der Waals surface area contributed by atoms with Crippen LogP contribution in [0.2, 0.25) is 0 Å². The minimum Gasteiger partial charge on any atom is -0.348 e. The molecule has 1 aromatic heterocycles. The molecule has 166 valence electrons. The maximum absolute atomic E-state index is 13.5. The molecule has 9 heteroatoms. The van der Waals surface area contributed by atoms with Crippen LogP contribution in [0.1, 0.15) is 41.0 Å². The summed E-state index contributed by atoms with van der Waals surface area (Å²) in [6.07, 6.45) is 6.74. The van der Waals surface area contributed by atoms with Crippen LogP contribution in [-0.2, 0) is 16.8 Å². The van der Waals surface area contributed by atoms with Gasteiger partial charge < -0.3 is 20.5 Å². The molecule has 2 amide bonds. The van der Waals surface area contributed by atoms with Crippen molar-refractivity contribution in [3.63, 3.8) is 0 Å². The van der Waals surface area contributed by atoms with Crippen molar-refractivity contribution in [1.82, 2.24) is 25.5 Å².